The quantitative estimate of drug-likeness (QED) is 0.911. The summed E-state index contributed by atoms with van der Waals surface area (Å²) in [6.07, 6.45) is 1.02. The third-order valence-electron chi connectivity index (χ3n) is 4.25. The minimum absolute atomic E-state index is 0.0269. The third-order valence-corrected chi connectivity index (χ3v) is 4.25. The van der Waals surface area contributed by atoms with Crippen LogP contribution in [0.3, 0.4) is 0 Å². The molecular formula is C19H23N3O. The molecule has 1 aliphatic heterocycles. The molecule has 0 radical (unpaired) electrons. The van der Waals surface area contributed by atoms with E-state index in [1.54, 1.807) is 0 Å². The van der Waals surface area contributed by atoms with Crippen LogP contribution in [0.2, 0.25) is 0 Å². The lowest BCUT2D eigenvalue weighted by Crippen LogP contribution is -2.34. The Kier molecular flexibility index (Phi) is 4.51. The molecule has 2 aromatic carbocycles. The zero-order chi connectivity index (χ0) is 16.2. The zero-order valence-electron chi connectivity index (χ0n) is 13.7. The summed E-state index contributed by atoms with van der Waals surface area (Å²) < 4.78 is 0. The molecule has 23 heavy (non-hydrogen) atoms. The van der Waals surface area contributed by atoms with Gasteiger partial charge in [-0.1, -0.05) is 30.3 Å². The lowest BCUT2D eigenvalue weighted by atomic mass is 10.1. The van der Waals surface area contributed by atoms with Crippen molar-refractivity contribution in [2.75, 3.05) is 35.2 Å². The maximum absolute atomic E-state index is 12.5. The normalized spacial score (nSPS) is 13.7. The van der Waals surface area contributed by atoms with Crippen LogP contribution in [0.15, 0.2) is 42.5 Å². The molecule has 1 heterocycles. The van der Waals surface area contributed by atoms with Crippen molar-refractivity contribution in [2.24, 2.45) is 0 Å². The van der Waals surface area contributed by atoms with E-state index in [1.807, 2.05) is 44.2 Å². The molecule has 0 spiro atoms. The highest BCUT2D eigenvalue weighted by Gasteiger charge is 2.17. The molecule has 4 heteroatoms. The predicted octanol–water partition coefficient (Wildman–Crippen LogP) is 3.56. The van der Waals surface area contributed by atoms with E-state index < -0.39 is 0 Å². The van der Waals surface area contributed by atoms with E-state index in [0.717, 1.165) is 47.7 Å². The van der Waals surface area contributed by atoms with Gasteiger partial charge in [0.1, 0.15) is 0 Å². The molecule has 0 atom stereocenters. The molecule has 0 aliphatic carbocycles. The molecular weight excluding hydrogens is 286 g/mol. The number of hydrogen-bond donors (Lipinski definition) is 2. The lowest BCUT2D eigenvalue weighted by Gasteiger charge is -2.24. The van der Waals surface area contributed by atoms with Gasteiger partial charge in [0.15, 0.2) is 0 Å². The van der Waals surface area contributed by atoms with Gasteiger partial charge in [-0.25, -0.2) is 0 Å². The summed E-state index contributed by atoms with van der Waals surface area (Å²) in [7, 11) is 0. The Morgan fingerprint density at radius 3 is 2.65 bits per heavy atom. The summed E-state index contributed by atoms with van der Waals surface area (Å²) in [6, 6.07) is 14.2. The van der Waals surface area contributed by atoms with E-state index in [-0.39, 0.29) is 5.91 Å². The van der Waals surface area contributed by atoms with Gasteiger partial charge >= 0.3 is 0 Å². The fourth-order valence-corrected chi connectivity index (χ4v) is 3.04. The number of fused-ring (bicyclic) bond motifs is 1. The van der Waals surface area contributed by atoms with E-state index in [0.29, 0.717) is 6.54 Å². The molecule has 2 N–H and O–H groups in total. The Morgan fingerprint density at radius 1 is 1.13 bits per heavy atom. The van der Waals surface area contributed by atoms with Crippen LogP contribution in [0.25, 0.3) is 0 Å². The number of hydrogen-bond acceptors (Lipinski definition) is 3. The topological polar surface area (TPSA) is 44.4 Å². The van der Waals surface area contributed by atoms with Gasteiger partial charge < -0.3 is 15.5 Å². The highest BCUT2D eigenvalue weighted by molar-refractivity contribution is 5.96. The summed E-state index contributed by atoms with van der Waals surface area (Å²) >= 11 is 0. The minimum Gasteiger partial charge on any atom is -0.383 e. The average molecular weight is 309 g/mol. The Morgan fingerprint density at radius 2 is 1.87 bits per heavy atom. The fourth-order valence-electron chi connectivity index (χ4n) is 3.04. The standard InChI is InChI=1S/C19H23N3O/c1-14-7-5-8-15(2)19(14)21-18(23)13-22-12-6-11-20-16-9-3-4-10-17(16)22/h3-5,7-10,20H,6,11-13H2,1-2H3,(H,21,23). The van der Waals surface area contributed by atoms with E-state index in [2.05, 4.69) is 27.7 Å². The van der Waals surface area contributed by atoms with Crippen molar-refractivity contribution in [1.29, 1.82) is 0 Å². The molecule has 0 saturated carbocycles. The number of carbonyl (C=O) groups excluding carboxylic acids is 1. The fraction of sp³-hybridized carbons (Fsp3) is 0.316. The third kappa shape index (κ3) is 3.47. The molecule has 0 unspecified atom stereocenters. The smallest absolute Gasteiger partial charge is 0.243 e. The Balaban J connectivity index is 1.75. The first-order chi connectivity index (χ1) is 11.1. The second-order valence-corrected chi connectivity index (χ2v) is 6.03. The predicted molar refractivity (Wildman–Crippen MR) is 96.3 cm³/mol. The van der Waals surface area contributed by atoms with Crippen molar-refractivity contribution in [2.45, 2.75) is 20.3 Å². The van der Waals surface area contributed by atoms with Crippen LogP contribution >= 0.6 is 0 Å². The number of benzene rings is 2. The van der Waals surface area contributed by atoms with Crippen molar-refractivity contribution in [1.82, 2.24) is 0 Å². The number of nitrogens with one attached hydrogen (secondary N) is 2. The molecule has 1 aliphatic rings. The van der Waals surface area contributed by atoms with Gasteiger partial charge in [-0.05, 0) is 43.5 Å². The summed E-state index contributed by atoms with van der Waals surface area (Å²) in [4.78, 5) is 14.7. The van der Waals surface area contributed by atoms with Crippen LogP contribution in [0, 0.1) is 13.8 Å². The van der Waals surface area contributed by atoms with Crippen LogP contribution in [0.4, 0.5) is 17.1 Å². The molecule has 0 saturated heterocycles. The maximum atomic E-state index is 12.5. The van der Waals surface area contributed by atoms with Crippen molar-refractivity contribution in [3.8, 4) is 0 Å². The van der Waals surface area contributed by atoms with Crippen molar-refractivity contribution >= 4 is 23.0 Å². The molecule has 3 rings (SSSR count). The first-order valence-electron chi connectivity index (χ1n) is 8.09. The van der Waals surface area contributed by atoms with Crippen molar-refractivity contribution in [3.05, 3.63) is 53.6 Å². The SMILES string of the molecule is Cc1cccc(C)c1NC(=O)CN1CCCNc2ccccc21. The van der Waals surface area contributed by atoms with Gasteiger partial charge in [0.25, 0.3) is 0 Å². The molecule has 0 bridgehead atoms. The van der Waals surface area contributed by atoms with E-state index >= 15 is 0 Å². The Hall–Kier alpha value is -2.49. The average Bonchev–Trinajstić information content (AvgIpc) is 2.74. The van der Waals surface area contributed by atoms with Gasteiger partial charge in [0, 0.05) is 18.8 Å². The van der Waals surface area contributed by atoms with Gasteiger partial charge in [-0.15, -0.1) is 0 Å². The van der Waals surface area contributed by atoms with Crippen LogP contribution in [-0.4, -0.2) is 25.5 Å². The first-order valence-corrected chi connectivity index (χ1v) is 8.09. The monoisotopic (exact) mass is 309 g/mol. The number of nitrogens with zero attached hydrogens (tertiary/aromatic N) is 1. The van der Waals surface area contributed by atoms with Crippen LogP contribution < -0.4 is 15.5 Å². The van der Waals surface area contributed by atoms with Gasteiger partial charge in [-0.3, -0.25) is 4.79 Å². The number of aryl methyl sites for hydroxylation is 2. The number of rotatable bonds is 3. The van der Waals surface area contributed by atoms with Gasteiger partial charge in [0.05, 0.1) is 17.9 Å². The summed E-state index contributed by atoms with van der Waals surface area (Å²) in [5.41, 5.74) is 5.32. The second-order valence-electron chi connectivity index (χ2n) is 6.03. The van der Waals surface area contributed by atoms with Crippen molar-refractivity contribution in [3.63, 3.8) is 0 Å². The Labute approximate surface area is 137 Å². The summed E-state index contributed by atoms with van der Waals surface area (Å²) in [5, 5.41) is 6.50. The van der Waals surface area contributed by atoms with Gasteiger partial charge in [0.2, 0.25) is 5.91 Å². The number of amides is 1. The highest BCUT2D eigenvalue weighted by atomic mass is 16.2. The molecule has 0 aromatic heterocycles. The second kappa shape index (κ2) is 6.73. The highest BCUT2D eigenvalue weighted by Crippen LogP contribution is 2.28. The summed E-state index contributed by atoms with van der Waals surface area (Å²) in [6.45, 7) is 6.23. The molecule has 2 aromatic rings. The summed E-state index contributed by atoms with van der Waals surface area (Å²) in [5.74, 6) is 0.0269. The molecule has 0 fully saturated rings. The first kappa shape index (κ1) is 15.4. The van der Waals surface area contributed by atoms with E-state index in [9.17, 15) is 4.79 Å². The maximum Gasteiger partial charge on any atom is 0.243 e. The lowest BCUT2D eigenvalue weighted by molar-refractivity contribution is -0.115. The minimum atomic E-state index is 0.0269. The molecule has 120 valence electrons. The number of para-hydroxylation sites is 3. The number of anilines is 3. The molecule has 4 nitrogen and oxygen atoms in total. The Bertz CT molecular complexity index is 691. The van der Waals surface area contributed by atoms with E-state index in [4.69, 9.17) is 0 Å². The zero-order valence-corrected chi connectivity index (χ0v) is 13.7. The van der Waals surface area contributed by atoms with Crippen LogP contribution in [-0.2, 0) is 4.79 Å². The largest absolute Gasteiger partial charge is 0.383 e. The molecule has 1 amide bonds. The van der Waals surface area contributed by atoms with Crippen LogP contribution in [0.1, 0.15) is 17.5 Å². The van der Waals surface area contributed by atoms with Crippen LogP contribution in [0.5, 0.6) is 0 Å². The van der Waals surface area contributed by atoms with Crippen molar-refractivity contribution < 1.29 is 4.79 Å². The van der Waals surface area contributed by atoms with E-state index in [1.165, 1.54) is 0 Å². The number of carbonyl (C=O) groups is 1. The van der Waals surface area contributed by atoms with Gasteiger partial charge in [-0.2, -0.15) is 0 Å².